The molecule has 3 nitrogen and oxygen atoms in total. The van der Waals surface area contributed by atoms with Crippen molar-refractivity contribution in [1.29, 1.82) is 0 Å². The SMILES string of the molecule is Cc1nn(C)cc1C(O)c1ccccc1F. The second kappa shape index (κ2) is 4.06. The van der Waals surface area contributed by atoms with Crippen molar-refractivity contribution < 1.29 is 9.50 Å². The van der Waals surface area contributed by atoms with Gasteiger partial charge < -0.3 is 5.11 Å². The predicted molar refractivity (Wildman–Crippen MR) is 58.4 cm³/mol. The molecule has 0 aliphatic heterocycles. The maximum absolute atomic E-state index is 13.5. The van der Waals surface area contributed by atoms with E-state index in [1.54, 1.807) is 43.0 Å². The van der Waals surface area contributed by atoms with Gasteiger partial charge in [-0.3, -0.25) is 4.68 Å². The van der Waals surface area contributed by atoms with Gasteiger partial charge in [-0.1, -0.05) is 18.2 Å². The van der Waals surface area contributed by atoms with Gasteiger partial charge in [-0.2, -0.15) is 5.10 Å². The van der Waals surface area contributed by atoms with E-state index in [0.29, 0.717) is 11.3 Å². The average molecular weight is 220 g/mol. The molecule has 2 aromatic rings. The first-order chi connectivity index (χ1) is 7.59. The summed E-state index contributed by atoms with van der Waals surface area (Å²) in [5.41, 5.74) is 1.62. The molecule has 0 amide bonds. The molecule has 2 rings (SSSR count). The summed E-state index contributed by atoms with van der Waals surface area (Å²) < 4.78 is 15.1. The molecule has 1 aromatic heterocycles. The summed E-state index contributed by atoms with van der Waals surface area (Å²) in [6.45, 7) is 1.79. The zero-order valence-corrected chi connectivity index (χ0v) is 9.18. The first-order valence-corrected chi connectivity index (χ1v) is 5.02. The fourth-order valence-corrected chi connectivity index (χ4v) is 1.75. The summed E-state index contributed by atoms with van der Waals surface area (Å²) in [5.74, 6) is -0.404. The van der Waals surface area contributed by atoms with E-state index in [4.69, 9.17) is 0 Å². The predicted octanol–water partition coefficient (Wildman–Crippen LogP) is 1.95. The van der Waals surface area contributed by atoms with E-state index in [-0.39, 0.29) is 5.56 Å². The van der Waals surface area contributed by atoms with Crippen LogP contribution in [0.3, 0.4) is 0 Å². The van der Waals surface area contributed by atoms with Crippen LogP contribution < -0.4 is 0 Å². The Labute approximate surface area is 93.2 Å². The van der Waals surface area contributed by atoms with Gasteiger partial charge in [0.15, 0.2) is 0 Å². The molecule has 1 aromatic carbocycles. The molecule has 0 aliphatic rings. The number of aliphatic hydroxyl groups is 1. The first-order valence-electron chi connectivity index (χ1n) is 5.02. The molecule has 84 valence electrons. The van der Waals surface area contributed by atoms with Gasteiger partial charge in [0.1, 0.15) is 11.9 Å². The van der Waals surface area contributed by atoms with E-state index in [9.17, 15) is 9.50 Å². The number of halogens is 1. The maximum Gasteiger partial charge on any atom is 0.129 e. The third kappa shape index (κ3) is 1.84. The number of nitrogens with zero attached hydrogens (tertiary/aromatic N) is 2. The van der Waals surface area contributed by atoms with Gasteiger partial charge >= 0.3 is 0 Å². The molecule has 1 N–H and O–H groups in total. The highest BCUT2D eigenvalue weighted by atomic mass is 19.1. The molecular weight excluding hydrogens is 207 g/mol. The highest BCUT2D eigenvalue weighted by Crippen LogP contribution is 2.25. The minimum Gasteiger partial charge on any atom is -0.383 e. The van der Waals surface area contributed by atoms with E-state index in [1.165, 1.54) is 6.07 Å². The van der Waals surface area contributed by atoms with Gasteiger partial charge in [-0.05, 0) is 13.0 Å². The number of benzene rings is 1. The Hall–Kier alpha value is -1.68. The van der Waals surface area contributed by atoms with E-state index in [0.717, 1.165) is 0 Å². The molecule has 0 saturated heterocycles. The van der Waals surface area contributed by atoms with Crippen LogP contribution in [-0.4, -0.2) is 14.9 Å². The number of aryl methyl sites for hydroxylation is 2. The fourth-order valence-electron chi connectivity index (χ4n) is 1.75. The minimum atomic E-state index is -0.963. The van der Waals surface area contributed by atoms with Crippen LogP contribution in [0.15, 0.2) is 30.5 Å². The monoisotopic (exact) mass is 220 g/mol. The lowest BCUT2D eigenvalue weighted by Gasteiger charge is -2.10. The zero-order valence-electron chi connectivity index (χ0n) is 9.18. The normalized spacial score (nSPS) is 12.8. The molecule has 0 spiro atoms. The lowest BCUT2D eigenvalue weighted by Crippen LogP contribution is -2.02. The van der Waals surface area contributed by atoms with Crippen LogP contribution >= 0.6 is 0 Å². The highest BCUT2D eigenvalue weighted by Gasteiger charge is 2.18. The van der Waals surface area contributed by atoms with Crippen LogP contribution in [0.1, 0.15) is 22.9 Å². The number of hydrogen-bond donors (Lipinski definition) is 1. The van der Waals surface area contributed by atoms with Crippen LogP contribution in [0, 0.1) is 12.7 Å². The molecule has 1 atom stereocenters. The van der Waals surface area contributed by atoms with Crippen molar-refractivity contribution >= 4 is 0 Å². The molecule has 0 fully saturated rings. The van der Waals surface area contributed by atoms with E-state index < -0.39 is 11.9 Å². The van der Waals surface area contributed by atoms with Gasteiger partial charge in [0.05, 0.1) is 5.69 Å². The summed E-state index contributed by atoms with van der Waals surface area (Å²) in [4.78, 5) is 0. The molecule has 0 aliphatic carbocycles. The van der Waals surface area contributed by atoms with Gasteiger partial charge in [0.2, 0.25) is 0 Å². The summed E-state index contributed by atoms with van der Waals surface area (Å²) in [5, 5.41) is 14.2. The zero-order chi connectivity index (χ0) is 11.7. The van der Waals surface area contributed by atoms with Crippen LogP contribution in [0.25, 0.3) is 0 Å². The lowest BCUT2D eigenvalue weighted by atomic mass is 10.0. The Kier molecular flexibility index (Phi) is 2.75. The molecule has 1 unspecified atom stereocenters. The second-order valence-electron chi connectivity index (χ2n) is 3.77. The van der Waals surface area contributed by atoms with Crippen molar-refractivity contribution in [2.45, 2.75) is 13.0 Å². The number of aromatic nitrogens is 2. The van der Waals surface area contributed by atoms with Crippen molar-refractivity contribution in [3.63, 3.8) is 0 Å². The smallest absolute Gasteiger partial charge is 0.129 e. The largest absolute Gasteiger partial charge is 0.383 e. The molecule has 0 radical (unpaired) electrons. The van der Waals surface area contributed by atoms with Crippen LogP contribution in [-0.2, 0) is 7.05 Å². The fraction of sp³-hybridized carbons (Fsp3) is 0.250. The first kappa shape index (κ1) is 10.8. The van der Waals surface area contributed by atoms with E-state index in [2.05, 4.69) is 5.10 Å². The Morgan fingerprint density at radius 2 is 2.00 bits per heavy atom. The third-order valence-electron chi connectivity index (χ3n) is 2.55. The highest BCUT2D eigenvalue weighted by molar-refractivity contribution is 5.31. The van der Waals surface area contributed by atoms with Gasteiger partial charge in [-0.15, -0.1) is 0 Å². The molecule has 4 heteroatoms. The summed E-state index contributed by atoms with van der Waals surface area (Å²) in [6, 6.07) is 6.21. The molecule has 1 heterocycles. The van der Waals surface area contributed by atoms with Crippen molar-refractivity contribution in [3.8, 4) is 0 Å². The Morgan fingerprint density at radius 3 is 2.56 bits per heavy atom. The summed E-state index contributed by atoms with van der Waals surface area (Å²) in [6.07, 6.45) is 0.738. The Morgan fingerprint density at radius 1 is 1.31 bits per heavy atom. The summed E-state index contributed by atoms with van der Waals surface area (Å²) in [7, 11) is 1.77. The van der Waals surface area contributed by atoms with E-state index >= 15 is 0 Å². The topological polar surface area (TPSA) is 38.0 Å². The molecular formula is C12H13FN2O. The molecule has 16 heavy (non-hydrogen) atoms. The second-order valence-corrected chi connectivity index (χ2v) is 3.77. The average Bonchev–Trinajstić information content (AvgIpc) is 2.58. The van der Waals surface area contributed by atoms with Crippen LogP contribution in [0.5, 0.6) is 0 Å². The Bertz CT molecular complexity index is 507. The number of rotatable bonds is 2. The van der Waals surface area contributed by atoms with Crippen molar-refractivity contribution in [2.75, 3.05) is 0 Å². The molecule has 0 saturated carbocycles. The van der Waals surface area contributed by atoms with Gasteiger partial charge in [0, 0.05) is 24.4 Å². The van der Waals surface area contributed by atoms with Crippen molar-refractivity contribution in [3.05, 3.63) is 53.1 Å². The van der Waals surface area contributed by atoms with Gasteiger partial charge in [0.25, 0.3) is 0 Å². The Balaban J connectivity index is 2.43. The van der Waals surface area contributed by atoms with Crippen LogP contribution in [0.2, 0.25) is 0 Å². The van der Waals surface area contributed by atoms with Gasteiger partial charge in [-0.25, -0.2) is 4.39 Å². The van der Waals surface area contributed by atoms with E-state index in [1.807, 2.05) is 0 Å². The van der Waals surface area contributed by atoms with Crippen LogP contribution in [0.4, 0.5) is 4.39 Å². The van der Waals surface area contributed by atoms with Crippen molar-refractivity contribution in [1.82, 2.24) is 9.78 Å². The molecule has 0 bridgehead atoms. The minimum absolute atomic E-state index is 0.276. The van der Waals surface area contributed by atoms with Crippen molar-refractivity contribution in [2.24, 2.45) is 7.05 Å². The standard InChI is InChI=1S/C12H13FN2O/c1-8-10(7-15(2)14-8)12(16)9-5-3-4-6-11(9)13/h3-7,12,16H,1-2H3. The quantitative estimate of drug-likeness (QED) is 0.840. The maximum atomic E-state index is 13.5. The number of hydrogen-bond acceptors (Lipinski definition) is 2. The lowest BCUT2D eigenvalue weighted by molar-refractivity contribution is 0.214. The number of aliphatic hydroxyl groups excluding tert-OH is 1. The summed E-state index contributed by atoms with van der Waals surface area (Å²) >= 11 is 0. The third-order valence-corrected chi connectivity index (χ3v) is 2.55.